The van der Waals surface area contributed by atoms with Gasteiger partial charge < -0.3 is 4.90 Å². The van der Waals surface area contributed by atoms with Crippen molar-refractivity contribution in [3.63, 3.8) is 0 Å². The maximum Gasteiger partial charge on any atom is 0.223 e. The molecule has 0 saturated carbocycles. The summed E-state index contributed by atoms with van der Waals surface area (Å²) in [5.41, 5.74) is 0.829. The Morgan fingerprint density at radius 1 is 1.22 bits per heavy atom. The van der Waals surface area contributed by atoms with E-state index >= 15 is 0 Å². The van der Waals surface area contributed by atoms with Crippen molar-refractivity contribution in [3.05, 3.63) is 35.6 Å². The first-order chi connectivity index (χ1) is 8.39. The normalized spacial score (nSPS) is 21.2. The standard InChI is InChI=1S/C15H20FNO/c1-15(2,3)17-13(5-4-6-14(17)18)11-7-9-12(16)10-8-11/h7-10,13H,4-6H2,1-3H3. The molecule has 3 heteroatoms. The van der Waals surface area contributed by atoms with E-state index in [-0.39, 0.29) is 23.3 Å². The average molecular weight is 249 g/mol. The molecule has 1 amide bonds. The summed E-state index contributed by atoms with van der Waals surface area (Å²) in [6.07, 6.45) is 2.48. The van der Waals surface area contributed by atoms with E-state index in [0.29, 0.717) is 6.42 Å². The first-order valence-electron chi connectivity index (χ1n) is 6.47. The predicted octanol–water partition coefficient (Wildman–Crippen LogP) is 3.68. The van der Waals surface area contributed by atoms with Crippen LogP contribution in [0, 0.1) is 5.82 Å². The van der Waals surface area contributed by atoms with Crippen LogP contribution in [0.15, 0.2) is 24.3 Å². The van der Waals surface area contributed by atoms with Crippen molar-refractivity contribution in [1.29, 1.82) is 0 Å². The number of likely N-dealkylation sites (tertiary alicyclic amines) is 1. The fourth-order valence-electron chi connectivity index (χ4n) is 2.71. The highest BCUT2D eigenvalue weighted by Crippen LogP contribution is 2.36. The monoisotopic (exact) mass is 249 g/mol. The van der Waals surface area contributed by atoms with Gasteiger partial charge in [-0.1, -0.05) is 12.1 Å². The zero-order valence-electron chi connectivity index (χ0n) is 11.2. The Kier molecular flexibility index (Phi) is 3.42. The number of hydrogen-bond donors (Lipinski definition) is 0. The molecule has 18 heavy (non-hydrogen) atoms. The lowest BCUT2D eigenvalue weighted by Crippen LogP contribution is -2.49. The lowest BCUT2D eigenvalue weighted by atomic mass is 9.90. The molecule has 1 atom stereocenters. The van der Waals surface area contributed by atoms with Crippen LogP contribution < -0.4 is 0 Å². The Morgan fingerprint density at radius 2 is 1.83 bits per heavy atom. The third-order valence-corrected chi connectivity index (χ3v) is 3.43. The van der Waals surface area contributed by atoms with Gasteiger partial charge in [-0.15, -0.1) is 0 Å². The van der Waals surface area contributed by atoms with Gasteiger partial charge >= 0.3 is 0 Å². The molecule has 1 heterocycles. The molecule has 1 aliphatic heterocycles. The van der Waals surface area contributed by atoms with Gasteiger partial charge in [-0.2, -0.15) is 0 Å². The fraction of sp³-hybridized carbons (Fsp3) is 0.533. The Morgan fingerprint density at radius 3 is 2.39 bits per heavy atom. The molecule has 2 rings (SSSR count). The van der Waals surface area contributed by atoms with Gasteiger partial charge in [-0.25, -0.2) is 4.39 Å². The molecule has 1 unspecified atom stereocenters. The molecule has 1 aliphatic rings. The number of benzene rings is 1. The second kappa shape index (κ2) is 4.71. The summed E-state index contributed by atoms with van der Waals surface area (Å²) in [5.74, 6) is -0.0359. The van der Waals surface area contributed by atoms with E-state index in [1.165, 1.54) is 12.1 Å². The van der Waals surface area contributed by atoms with Crippen LogP contribution in [0.2, 0.25) is 0 Å². The summed E-state index contributed by atoms with van der Waals surface area (Å²) in [6.45, 7) is 6.15. The van der Waals surface area contributed by atoms with Crippen LogP contribution in [-0.2, 0) is 4.79 Å². The molecule has 2 nitrogen and oxygen atoms in total. The minimum absolute atomic E-state index is 0.0758. The highest BCUT2D eigenvalue weighted by Gasteiger charge is 2.36. The van der Waals surface area contributed by atoms with Crippen molar-refractivity contribution in [3.8, 4) is 0 Å². The van der Waals surface area contributed by atoms with Gasteiger partial charge in [0.15, 0.2) is 0 Å². The van der Waals surface area contributed by atoms with E-state index in [2.05, 4.69) is 0 Å². The van der Waals surface area contributed by atoms with Gasteiger partial charge in [0.25, 0.3) is 0 Å². The Hall–Kier alpha value is -1.38. The van der Waals surface area contributed by atoms with Crippen LogP contribution in [-0.4, -0.2) is 16.3 Å². The lowest BCUT2D eigenvalue weighted by molar-refractivity contribution is -0.143. The van der Waals surface area contributed by atoms with Crippen LogP contribution in [0.1, 0.15) is 51.6 Å². The molecule has 1 aromatic carbocycles. The van der Waals surface area contributed by atoms with Crippen molar-refractivity contribution in [2.45, 2.75) is 51.6 Å². The van der Waals surface area contributed by atoms with Crippen LogP contribution in [0.3, 0.4) is 0 Å². The molecular formula is C15H20FNO. The van der Waals surface area contributed by atoms with E-state index in [4.69, 9.17) is 0 Å². The Balaban J connectivity index is 2.34. The molecule has 0 aromatic heterocycles. The molecule has 0 N–H and O–H groups in total. The minimum atomic E-state index is -0.233. The maximum atomic E-state index is 13.0. The molecule has 0 spiro atoms. The van der Waals surface area contributed by atoms with Crippen LogP contribution in [0.5, 0.6) is 0 Å². The number of halogens is 1. The Bertz CT molecular complexity index is 433. The largest absolute Gasteiger partial charge is 0.331 e. The summed E-state index contributed by atoms with van der Waals surface area (Å²) >= 11 is 0. The number of hydrogen-bond acceptors (Lipinski definition) is 1. The van der Waals surface area contributed by atoms with Crippen LogP contribution in [0.4, 0.5) is 4.39 Å². The first kappa shape index (κ1) is 13.1. The smallest absolute Gasteiger partial charge is 0.223 e. The second-order valence-corrected chi connectivity index (χ2v) is 5.89. The highest BCUT2D eigenvalue weighted by molar-refractivity contribution is 5.78. The summed E-state index contributed by atoms with van der Waals surface area (Å²) in [7, 11) is 0. The fourth-order valence-corrected chi connectivity index (χ4v) is 2.71. The third kappa shape index (κ3) is 2.55. The SMILES string of the molecule is CC(C)(C)N1C(=O)CCCC1c1ccc(F)cc1. The van der Waals surface area contributed by atoms with Gasteiger partial charge in [-0.05, 0) is 51.3 Å². The molecule has 0 bridgehead atoms. The first-order valence-corrected chi connectivity index (χ1v) is 6.47. The number of piperidine rings is 1. The number of carbonyl (C=O) groups excluding carboxylic acids is 1. The zero-order chi connectivity index (χ0) is 13.3. The summed E-state index contributed by atoms with van der Waals surface area (Å²) in [5, 5.41) is 0. The topological polar surface area (TPSA) is 20.3 Å². The van der Waals surface area contributed by atoms with Crippen LogP contribution >= 0.6 is 0 Å². The van der Waals surface area contributed by atoms with Gasteiger partial charge in [0, 0.05) is 12.0 Å². The molecule has 0 radical (unpaired) electrons. The van der Waals surface area contributed by atoms with E-state index in [1.54, 1.807) is 12.1 Å². The van der Waals surface area contributed by atoms with Crippen molar-refractivity contribution >= 4 is 5.91 Å². The molecular weight excluding hydrogens is 229 g/mol. The number of nitrogens with zero attached hydrogens (tertiary/aromatic N) is 1. The van der Waals surface area contributed by atoms with Crippen molar-refractivity contribution in [2.75, 3.05) is 0 Å². The van der Waals surface area contributed by atoms with E-state index in [0.717, 1.165) is 18.4 Å². The van der Waals surface area contributed by atoms with E-state index < -0.39 is 0 Å². The van der Waals surface area contributed by atoms with Crippen LogP contribution in [0.25, 0.3) is 0 Å². The minimum Gasteiger partial charge on any atom is -0.331 e. The van der Waals surface area contributed by atoms with Crippen molar-refractivity contribution in [2.24, 2.45) is 0 Å². The quantitative estimate of drug-likeness (QED) is 0.743. The second-order valence-electron chi connectivity index (χ2n) is 5.89. The van der Waals surface area contributed by atoms with E-state index in [9.17, 15) is 9.18 Å². The molecule has 0 aliphatic carbocycles. The summed E-state index contributed by atoms with van der Waals surface area (Å²) in [4.78, 5) is 14.1. The summed E-state index contributed by atoms with van der Waals surface area (Å²) < 4.78 is 13.0. The highest BCUT2D eigenvalue weighted by atomic mass is 19.1. The molecule has 1 fully saturated rings. The number of amides is 1. The number of carbonyl (C=O) groups is 1. The molecule has 98 valence electrons. The zero-order valence-corrected chi connectivity index (χ0v) is 11.2. The van der Waals surface area contributed by atoms with Gasteiger partial charge in [-0.3, -0.25) is 4.79 Å². The van der Waals surface area contributed by atoms with Gasteiger partial charge in [0.2, 0.25) is 5.91 Å². The molecule has 1 saturated heterocycles. The van der Waals surface area contributed by atoms with Gasteiger partial charge in [0.05, 0.1) is 6.04 Å². The summed E-state index contributed by atoms with van der Waals surface area (Å²) in [6, 6.07) is 6.59. The van der Waals surface area contributed by atoms with E-state index in [1.807, 2.05) is 25.7 Å². The number of rotatable bonds is 1. The molecule has 1 aromatic rings. The maximum absolute atomic E-state index is 13.0. The van der Waals surface area contributed by atoms with Gasteiger partial charge in [0.1, 0.15) is 5.82 Å². The van der Waals surface area contributed by atoms with Crippen molar-refractivity contribution < 1.29 is 9.18 Å². The Labute approximate surface area is 108 Å². The average Bonchev–Trinajstić information content (AvgIpc) is 2.28. The predicted molar refractivity (Wildman–Crippen MR) is 69.6 cm³/mol. The van der Waals surface area contributed by atoms with Crippen molar-refractivity contribution in [1.82, 2.24) is 4.90 Å². The third-order valence-electron chi connectivity index (χ3n) is 3.43. The lowest BCUT2D eigenvalue weighted by Gasteiger charge is -2.45.